The van der Waals surface area contributed by atoms with E-state index in [2.05, 4.69) is 28.9 Å². The van der Waals surface area contributed by atoms with E-state index in [0.29, 0.717) is 6.61 Å². The van der Waals surface area contributed by atoms with Gasteiger partial charge in [0.25, 0.3) is 0 Å². The molecule has 100 valence electrons. The van der Waals surface area contributed by atoms with Gasteiger partial charge in [0.05, 0.1) is 0 Å². The van der Waals surface area contributed by atoms with E-state index in [-0.39, 0.29) is 6.04 Å². The first-order valence-electron chi connectivity index (χ1n) is 6.29. The Labute approximate surface area is 122 Å². The van der Waals surface area contributed by atoms with E-state index in [4.69, 9.17) is 10.5 Å². The molecule has 0 heterocycles. The van der Waals surface area contributed by atoms with Gasteiger partial charge >= 0.3 is 0 Å². The molecule has 2 nitrogen and oxygen atoms in total. The highest BCUT2D eigenvalue weighted by molar-refractivity contribution is 9.10. The second-order valence-electron chi connectivity index (χ2n) is 4.75. The summed E-state index contributed by atoms with van der Waals surface area (Å²) in [5, 5.41) is 0. The van der Waals surface area contributed by atoms with Crippen LogP contribution in [0.15, 0.2) is 46.9 Å². The van der Waals surface area contributed by atoms with Gasteiger partial charge < -0.3 is 10.5 Å². The molecule has 0 aliphatic rings. The fourth-order valence-corrected chi connectivity index (χ4v) is 2.16. The van der Waals surface area contributed by atoms with Crippen LogP contribution in [0.4, 0.5) is 0 Å². The normalized spacial score (nSPS) is 12.2. The van der Waals surface area contributed by atoms with Crippen molar-refractivity contribution in [3.63, 3.8) is 0 Å². The molecule has 0 saturated carbocycles. The molecule has 0 amide bonds. The Hall–Kier alpha value is -1.32. The van der Waals surface area contributed by atoms with E-state index < -0.39 is 0 Å². The molecule has 2 N–H and O–H groups in total. The molecule has 2 aromatic carbocycles. The van der Waals surface area contributed by atoms with Crippen molar-refractivity contribution in [1.82, 2.24) is 0 Å². The van der Waals surface area contributed by atoms with Gasteiger partial charge in [-0.05, 0) is 37.6 Å². The second kappa shape index (κ2) is 6.22. The molecule has 19 heavy (non-hydrogen) atoms. The maximum atomic E-state index is 5.99. The lowest BCUT2D eigenvalue weighted by atomic mass is 10.1. The summed E-state index contributed by atoms with van der Waals surface area (Å²) in [6, 6.07) is 14.2. The third-order valence-corrected chi connectivity index (χ3v) is 3.49. The highest BCUT2D eigenvalue weighted by Crippen LogP contribution is 2.26. The maximum Gasteiger partial charge on any atom is 0.124 e. The Morgan fingerprint density at radius 2 is 1.84 bits per heavy atom. The van der Waals surface area contributed by atoms with E-state index in [1.165, 1.54) is 5.56 Å². The van der Waals surface area contributed by atoms with E-state index >= 15 is 0 Å². The zero-order valence-corrected chi connectivity index (χ0v) is 12.8. The van der Waals surface area contributed by atoms with Crippen LogP contribution in [-0.4, -0.2) is 0 Å². The Morgan fingerprint density at radius 3 is 2.47 bits per heavy atom. The van der Waals surface area contributed by atoms with Crippen molar-refractivity contribution >= 4 is 15.9 Å². The second-order valence-corrected chi connectivity index (χ2v) is 5.66. The number of aryl methyl sites for hydroxylation is 1. The molecule has 0 spiro atoms. The predicted octanol–water partition coefficient (Wildman–Crippen LogP) is 4.36. The monoisotopic (exact) mass is 319 g/mol. The fraction of sp³-hybridized carbons (Fsp3) is 0.250. The Bertz CT molecular complexity index is 549. The summed E-state index contributed by atoms with van der Waals surface area (Å²) >= 11 is 3.42. The molecule has 1 atom stereocenters. The van der Waals surface area contributed by atoms with Gasteiger partial charge in [0.15, 0.2) is 0 Å². The van der Waals surface area contributed by atoms with Crippen LogP contribution < -0.4 is 10.5 Å². The van der Waals surface area contributed by atoms with Gasteiger partial charge in [-0.3, -0.25) is 0 Å². The van der Waals surface area contributed by atoms with Crippen molar-refractivity contribution in [3.8, 4) is 5.75 Å². The lowest BCUT2D eigenvalue weighted by Gasteiger charge is -2.15. The predicted molar refractivity (Wildman–Crippen MR) is 82.3 cm³/mol. The molecule has 2 rings (SSSR count). The number of rotatable bonds is 4. The van der Waals surface area contributed by atoms with Crippen molar-refractivity contribution in [3.05, 3.63) is 63.6 Å². The largest absolute Gasteiger partial charge is 0.489 e. The highest BCUT2D eigenvalue weighted by atomic mass is 79.9. The quantitative estimate of drug-likeness (QED) is 0.908. The van der Waals surface area contributed by atoms with Gasteiger partial charge in [-0.2, -0.15) is 0 Å². The van der Waals surface area contributed by atoms with E-state index in [1.54, 1.807) is 0 Å². The van der Waals surface area contributed by atoms with Crippen LogP contribution in [0.1, 0.15) is 29.7 Å². The lowest BCUT2D eigenvalue weighted by molar-refractivity contribution is 0.301. The smallest absolute Gasteiger partial charge is 0.124 e. The molecular formula is C16H18BrNO. The summed E-state index contributed by atoms with van der Waals surface area (Å²) in [6.07, 6.45) is 0. The summed E-state index contributed by atoms with van der Waals surface area (Å²) in [7, 11) is 0. The molecule has 0 unspecified atom stereocenters. The van der Waals surface area contributed by atoms with Crippen LogP contribution >= 0.6 is 15.9 Å². The third kappa shape index (κ3) is 3.82. The molecular weight excluding hydrogens is 302 g/mol. The first kappa shape index (κ1) is 14.1. The van der Waals surface area contributed by atoms with Crippen molar-refractivity contribution < 1.29 is 4.74 Å². The molecule has 0 bridgehead atoms. The van der Waals surface area contributed by atoms with Crippen molar-refractivity contribution in [2.45, 2.75) is 26.5 Å². The molecule has 0 aliphatic carbocycles. The summed E-state index contributed by atoms with van der Waals surface area (Å²) in [5.41, 5.74) is 9.37. The Balaban J connectivity index is 2.13. The topological polar surface area (TPSA) is 35.2 Å². The summed E-state index contributed by atoms with van der Waals surface area (Å²) < 4.78 is 6.96. The number of hydrogen-bond acceptors (Lipinski definition) is 2. The summed E-state index contributed by atoms with van der Waals surface area (Å²) in [4.78, 5) is 0. The van der Waals surface area contributed by atoms with E-state index in [9.17, 15) is 0 Å². The van der Waals surface area contributed by atoms with Crippen molar-refractivity contribution in [2.24, 2.45) is 5.73 Å². The van der Waals surface area contributed by atoms with Gasteiger partial charge in [0.1, 0.15) is 12.4 Å². The van der Waals surface area contributed by atoms with Crippen LogP contribution in [0, 0.1) is 6.92 Å². The van der Waals surface area contributed by atoms with E-state index in [0.717, 1.165) is 21.3 Å². The van der Waals surface area contributed by atoms with Crippen LogP contribution in [0.5, 0.6) is 5.75 Å². The standard InChI is InChI=1S/C16H18BrNO/c1-11-3-8-16(15(9-11)12(2)18)19-10-13-4-6-14(17)7-5-13/h3-9,12H,10,18H2,1-2H3/t12-/m1/s1. The Morgan fingerprint density at radius 1 is 1.16 bits per heavy atom. The van der Waals surface area contributed by atoms with Crippen molar-refractivity contribution in [2.75, 3.05) is 0 Å². The van der Waals surface area contributed by atoms with Crippen molar-refractivity contribution in [1.29, 1.82) is 0 Å². The average molecular weight is 320 g/mol. The minimum absolute atomic E-state index is 0.0279. The van der Waals surface area contributed by atoms with Crippen LogP contribution in [0.3, 0.4) is 0 Å². The molecule has 0 radical (unpaired) electrons. The number of halogens is 1. The molecule has 0 aliphatic heterocycles. The first-order chi connectivity index (χ1) is 9.06. The molecule has 0 saturated heterocycles. The van der Waals surface area contributed by atoms with Gasteiger partial charge in [-0.25, -0.2) is 0 Å². The minimum atomic E-state index is -0.0279. The number of nitrogens with two attached hydrogens (primary N) is 1. The van der Waals surface area contributed by atoms with E-state index in [1.807, 2.05) is 43.3 Å². The first-order valence-corrected chi connectivity index (χ1v) is 7.09. The van der Waals surface area contributed by atoms with Crippen LogP contribution in [0.25, 0.3) is 0 Å². The molecule has 0 aromatic heterocycles. The SMILES string of the molecule is Cc1ccc(OCc2ccc(Br)cc2)c([C@@H](C)N)c1. The summed E-state index contributed by atoms with van der Waals surface area (Å²) in [6.45, 7) is 4.59. The number of ether oxygens (including phenoxy) is 1. The van der Waals surface area contributed by atoms with Gasteiger partial charge in [-0.1, -0.05) is 45.8 Å². The average Bonchev–Trinajstić information content (AvgIpc) is 2.39. The highest BCUT2D eigenvalue weighted by Gasteiger charge is 2.08. The van der Waals surface area contributed by atoms with Gasteiger partial charge in [-0.15, -0.1) is 0 Å². The third-order valence-electron chi connectivity index (χ3n) is 2.96. The molecule has 0 fully saturated rings. The van der Waals surface area contributed by atoms with Gasteiger partial charge in [0.2, 0.25) is 0 Å². The zero-order valence-electron chi connectivity index (χ0n) is 11.2. The van der Waals surface area contributed by atoms with Gasteiger partial charge in [0, 0.05) is 16.1 Å². The minimum Gasteiger partial charge on any atom is -0.489 e. The fourth-order valence-electron chi connectivity index (χ4n) is 1.90. The summed E-state index contributed by atoms with van der Waals surface area (Å²) in [5.74, 6) is 0.864. The van der Waals surface area contributed by atoms with Crippen LogP contribution in [-0.2, 0) is 6.61 Å². The maximum absolute atomic E-state index is 5.99. The molecule has 2 aromatic rings. The number of hydrogen-bond donors (Lipinski definition) is 1. The number of benzene rings is 2. The lowest BCUT2D eigenvalue weighted by Crippen LogP contribution is -2.08. The molecule has 3 heteroatoms. The van der Waals surface area contributed by atoms with Crippen LogP contribution in [0.2, 0.25) is 0 Å². The Kier molecular flexibility index (Phi) is 4.61. The zero-order chi connectivity index (χ0) is 13.8.